The number of nitrogens with one attached hydrogen (secondary N) is 2. The zero-order valence-corrected chi connectivity index (χ0v) is 12.3. The van der Waals surface area contributed by atoms with E-state index in [9.17, 15) is 9.59 Å². The van der Waals surface area contributed by atoms with Gasteiger partial charge in [-0.15, -0.1) is 0 Å². The number of hydrogen-bond donors (Lipinski definition) is 2. The van der Waals surface area contributed by atoms with Gasteiger partial charge in [-0.05, 0) is 24.5 Å². The lowest BCUT2D eigenvalue weighted by Crippen LogP contribution is -2.49. The molecule has 1 aromatic rings. The van der Waals surface area contributed by atoms with Crippen LogP contribution in [0.1, 0.15) is 30.7 Å². The van der Waals surface area contributed by atoms with Crippen LogP contribution in [0.25, 0.3) is 0 Å². The van der Waals surface area contributed by atoms with Crippen LogP contribution < -0.4 is 10.6 Å². The molecule has 2 heterocycles. The minimum Gasteiger partial charge on any atom is -0.385 e. The Hall–Kier alpha value is -2.04. The maximum Gasteiger partial charge on any atom is 0.227 e. The summed E-state index contributed by atoms with van der Waals surface area (Å²) in [5, 5.41) is 6.45. The molecule has 2 aliphatic heterocycles. The molecule has 1 saturated heterocycles. The average Bonchev–Trinajstić information content (AvgIpc) is 2.50. The molecule has 2 amide bonds. The fourth-order valence-electron chi connectivity index (χ4n) is 3.17. The van der Waals surface area contributed by atoms with Crippen LogP contribution in [0.15, 0.2) is 24.3 Å². The van der Waals surface area contributed by atoms with Gasteiger partial charge in [-0.2, -0.15) is 0 Å². The van der Waals surface area contributed by atoms with Crippen molar-refractivity contribution in [3.8, 4) is 0 Å². The number of likely N-dealkylation sites (N-methyl/N-ethyl adjacent to an activating group) is 1. The third-order valence-electron chi connectivity index (χ3n) is 4.37. The number of hydrogen-bond acceptors (Lipinski definition) is 3. The molecule has 0 radical (unpaired) electrons. The van der Waals surface area contributed by atoms with Crippen molar-refractivity contribution in [2.24, 2.45) is 0 Å². The van der Waals surface area contributed by atoms with E-state index in [-0.39, 0.29) is 23.8 Å². The predicted molar refractivity (Wildman–Crippen MR) is 81.1 cm³/mol. The van der Waals surface area contributed by atoms with E-state index in [1.165, 1.54) is 0 Å². The Morgan fingerprint density at radius 1 is 1.33 bits per heavy atom. The second-order valence-electron chi connectivity index (χ2n) is 5.87. The number of nitrogens with zero attached hydrogens (tertiary/aromatic N) is 1. The van der Waals surface area contributed by atoms with Crippen molar-refractivity contribution >= 4 is 17.5 Å². The maximum atomic E-state index is 12.6. The van der Waals surface area contributed by atoms with Crippen LogP contribution in [0, 0.1) is 0 Å². The van der Waals surface area contributed by atoms with Gasteiger partial charge in [0.1, 0.15) is 0 Å². The Morgan fingerprint density at radius 2 is 2.14 bits per heavy atom. The van der Waals surface area contributed by atoms with Gasteiger partial charge >= 0.3 is 0 Å². The molecule has 1 aromatic carbocycles. The summed E-state index contributed by atoms with van der Waals surface area (Å²) in [4.78, 5) is 25.8. The SMILES string of the molecule is CN1CC(NC(=O)C2CCNc3ccccc32)CCC1=O. The van der Waals surface area contributed by atoms with E-state index in [0.29, 0.717) is 13.0 Å². The Balaban J connectivity index is 1.68. The summed E-state index contributed by atoms with van der Waals surface area (Å²) in [6.45, 7) is 1.43. The average molecular weight is 287 g/mol. The second-order valence-corrected chi connectivity index (χ2v) is 5.87. The third kappa shape index (κ3) is 2.86. The van der Waals surface area contributed by atoms with E-state index in [2.05, 4.69) is 10.6 Å². The minimum absolute atomic E-state index is 0.0715. The third-order valence-corrected chi connectivity index (χ3v) is 4.37. The van der Waals surface area contributed by atoms with E-state index < -0.39 is 0 Å². The number of carbonyl (C=O) groups is 2. The van der Waals surface area contributed by atoms with Gasteiger partial charge in [0.05, 0.1) is 5.92 Å². The van der Waals surface area contributed by atoms with E-state index in [1.807, 2.05) is 24.3 Å². The molecule has 2 N–H and O–H groups in total. The number of rotatable bonds is 2. The number of benzene rings is 1. The molecule has 0 saturated carbocycles. The van der Waals surface area contributed by atoms with Gasteiger partial charge in [-0.1, -0.05) is 18.2 Å². The summed E-state index contributed by atoms with van der Waals surface area (Å²) in [6, 6.07) is 8.05. The first kappa shape index (κ1) is 13.9. The highest BCUT2D eigenvalue weighted by Crippen LogP contribution is 2.31. The van der Waals surface area contributed by atoms with Crippen LogP contribution in [0.2, 0.25) is 0 Å². The van der Waals surface area contributed by atoms with Crippen LogP contribution in [0.3, 0.4) is 0 Å². The van der Waals surface area contributed by atoms with Gasteiger partial charge in [-0.25, -0.2) is 0 Å². The molecule has 0 aromatic heterocycles. The molecule has 21 heavy (non-hydrogen) atoms. The number of amides is 2. The summed E-state index contributed by atoms with van der Waals surface area (Å²) in [5.74, 6) is 0.148. The molecule has 0 spiro atoms. The Morgan fingerprint density at radius 3 is 2.95 bits per heavy atom. The number of para-hydroxylation sites is 1. The van der Waals surface area contributed by atoms with Crippen molar-refractivity contribution in [3.63, 3.8) is 0 Å². The lowest BCUT2D eigenvalue weighted by atomic mass is 9.89. The number of carbonyl (C=O) groups excluding carboxylic acids is 2. The molecule has 5 heteroatoms. The second kappa shape index (κ2) is 5.76. The monoisotopic (exact) mass is 287 g/mol. The van der Waals surface area contributed by atoms with Crippen molar-refractivity contribution < 1.29 is 9.59 Å². The van der Waals surface area contributed by atoms with Crippen LogP contribution in [0.5, 0.6) is 0 Å². The molecule has 3 rings (SSSR count). The molecule has 2 unspecified atom stereocenters. The first-order valence-electron chi connectivity index (χ1n) is 7.52. The molecule has 0 aliphatic carbocycles. The lowest BCUT2D eigenvalue weighted by Gasteiger charge is -2.32. The topological polar surface area (TPSA) is 61.4 Å². The zero-order chi connectivity index (χ0) is 14.8. The van der Waals surface area contributed by atoms with E-state index >= 15 is 0 Å². The van der Waals surface area contributed by atoms with Gasteiger partial charge in [0.2, 0.25) is 11.8 Å². The summed E-state index contributed by atoms with van der Waals surface area (Å²) in [6.07, 6.45) is 2.07. The fourth-order valence-corrected chi connectivity index (χ4v) is 3.17. The normalized spacial score (nSPS) is 25.0. The van der Waals surface area contributed by atoms with E-state index in [1.54, 1.807) is 11.9 Å². The van der Waals surface area contributed by atoms with Crippen molar-refractivity contribution in [2.75, 3.05) is 25.5 Å². The van der Waals surface area contributed by atoms with Gasteiger partial charge in [0, 0.05) is 38.3 Å². The molecule has 2 atom stereocenters. The fraction of sp³-hybridized carbons (Fsp3) is 0.500. The number of fused-ring (bicyclic) bond motifs is 1. The van der Waals surface area contributed by atoms with Crippen molar-refractivity contribution in [2.45, 2.75) is 31.2 Å². The van der Waals surface area contributed by atoms with Gasteiger partial charge in [0.25, 0.3) is 0 Å². The summed E-state index contributed by atoms with van der Waals surface area (Å²) >= 11 is 0. The Bertz CT molecular complexity index is 558. The molecular weight excluding hydrogens is 266 g/mol. The summed E-state index contributed by atoms with van der Waals surface area (Å²) in [7, 11) is 1.79. The molecule has 0 bridgehead atoms. The molecule has 112 valence electrons. The summed E-state index contributed by atoms with van der Waals surface area (Å²) in [5.41, 5.74) is 2.13. The van der Waals surface area contributed by atoms with Gasteiger partial charge < -0.3 is 15.5 Å². The Kier molecular flexibility index (Phi) is 3.82. The summed E-state index contributed by atoms with van der Waals surface area (Å²) < 4.78 is 0. The minimum atomic E-state index is -0.0922. The highest BCUT2D eigenvalue weighted by atomic mass is 16.2. The largest absolute Gasteiger partial charge is 0.385 e. The first-order valence-corrected chi connectivity index (χ1v) is 7.52. The quantitative estimate of drug-likeness (QED) is 0.862. The maximum absolute atomic E-state index is 12.6. The van der Waals surface area contributed by atoms with Gasteiger partial charge in [0.15, 0.2) is 0 Å². The van der Waals surface area contributed by atoms with Crippen LogP contribution in [0.4, 0.5) is 5.69 Å². The number of anilines is 1. The molecular formula is C16H21N3O2. The standard InChI is InChI=1S/C16H21N3O2/c1-19-10-11(6-7-15(19)20)18-16(21)13-8-9-17-14-5-3-2-4-12(13)14/h2-5,11,13,17H,6-10H2,1H3,(H,18,21). The predicted octanol–water partition coefficient (Wildman–Crippen LogP) is 1.32. The smallest absolute Gasteiger partial charge is 0.227 e. The van der Waals surface area contributed by atoms with E-state index in [4.69, 9.17) is 0 Å². The number of likely N-dealkylation sites (tertiary alicyclic amines) is 1. The van der Waals surface area contributed by atoms with Gasteiger partial charge in [-0.3, -0.25) is 9.59 Å². The van der Waals surface area contributed by atoms with Crippen LogP contribution >= 0.6 is 0 Å². The molecule has 5 nitrogen and oxygen atoms in total. The molecule has 2 aliphatic rings. The lowest BCUT2D eigenvalue weighted by molar-refractivity contribution is -0.134. The first-order chi connectivity index (χ1) is 10.1. The highest BCUT2D eigenvalue weighted by Gasteiger charge is 2.30. The zero-order valence-electron chi connectivity index (χ0n) is 12.3. The van der Waals surface area contributed by atoms with E-state index in [0.717, 1.165) is 30.6 Å². The van der Waals surface area contributed by atoms with Crippen LogP contribution in [-0.2, 0) is 9.59 Å². The van der Waals surface area contributed by atoms with Crippen molar-refractivity contribution in [3.05, 3.63) is 29.8 Å². The number of piperidine rings is 1. The van der Waals surface area contributed by atoms with Crippen LogP contribution in [-0.4, -0.2) is 42.9 Å². The van der Waals surface area contributed by atoms with Crippen molar-refractivity contribution in [1.82, 2.24) is 10.2 Å². The highest BCUT2D eigenvalue weighted by molar-refractivity contribution is 5.87. The Labute approximate surface area is 124 Å². The molecule has 1 fully saturated rings. The van der Waals surface area contributed by atoms with Crippen molar-refractivity contribution in [1.29, 1.82) is 0 Å².